The van der Waals surface area contributed by atoms with E-state index in [2.05, 4.69) is 26.0 Å². The first-order chi connectivity index (χ1) is 4.41. The predicted molar refractivity (Wildman–Crippen MR) is 41.8 cm³/mol. The van der Waals surface area contributed by atoms with E-state index < -0.39 is 0 Å². The molecular formula is C9H14F3Ti-2. The molecule has 0 aromatic rings. The molecule has 0 saturated carbocycles. The number of hydrogen-bond donors (Lipinski definition) is 0. The van der Waals surface area contributed by atoms with Crippen molar-refractivity contribution >= 4 is 0 Å². The molecule has 0 bridgehead atoms. The topological polar surface area (TPSA) is 0 Å². The molecular weight excluding hydrogens is 213 g/mol. The first-order valence-corrected chi connectivity index (χ1v) is 3.42. The van der Waals surface area contributed by atoms with E-state index in [-0.39, 0.29) is 35.8 Å². The van der Waals surface area contributed by atoms with Crippen molar-refractivity contribution in [1.29, 1.82) is 0 Å². The van der Waals surface area contributed by atoms with Gasteiger partial charge in [-0.15, -0.1) is 6.42 Å². The normalized spacial score (nSPS) is 9.08. The second-order valence-electron chi connectivity index (χ2n) is 1.86. The van der Waals surface area contributed by atoms with Crippen molar-refractivity contribution in [2.24, 2.45) is 0 Å². The van der Waals surface area contributed by atoms with Crippen molar-refractivity contribution in [1.82, 2.24) is 0 Å². The Morgan fingerprint density at radius 3 is 1.85 bits per heavy atom. The molecule has 1 aliphatic rings. The van der Waals surface area contributed by atoms with E-state index in [0.29, 0.717) is 0 Å². The summed E-state index contributed by atoms with van der Waals surface area (Å²) in [5, 5.41) is 0. The van der Waals surface area contributed by atoms with Gasteiger partial charge in [-0.25, -0.2) is 12.2 Å². The smallest absolute Gasteiger partial charge is 1.00 e. The summed E-state index contributed by atoms with van der Waals surface area (Å²) in [4.78, 5) is 0. The minimum absolute atomic E-state index is 0. The molecule has 0 unspecified atom stereocenters. The summed E-state index contributed by atoms with van der Waals surface area (Å²) < 4.78 is 0. The zero-order valence-electron chi connectivity index (χ0n) is 7.69. The summed E-state index contributed by atoms with van der Waals surface area (Å²) in [6.07, 6.45) is 12.3. The first kappa shape index (κ1) is 29.3. The van der Waals surface area contributed by atoms with Crippen LogP contribution in [0.4, 0.5) is 0 Å². The van der Waals surface area contributed by atoms with Crippen LogP contribution in [0.1, 0.15) is 26.2 Å². The van der Waals surface area contributed by atoms with E-state index in [0.717, 1.165) is 12.8 Å². The summed E-state index contributed by atoms with van der Waals surface area (Å²) in [5.41, 5.74) is 0. The maximum absolute atomic E-state index is 3.60. The average molecular weight is 227 g/mol. The third-order valence-corrected chi connectivity index (χ3v) is 0.939. The molecule has 4 heteroatoms. The molecule has 0 aliphatic heterocycles. The van der Waals surface area contributed by atoms with Crippen LogP contribution < -0.4 is 14.1 Å². The summed E-state index contributed by atoms with van der Waals surface area (Å²) in [7, 11) is 0. The Bertz CT molecular complexity index is 91.0. The Labute approximate surface area is 93.5 Å². The molecule has 0 saturated heterocycles. The van der Waals surface area contributed by atoms with Gasteiger partial charge < -0.3 is 21.0 Å². The van der Waals surface area contributed by atoms with Gasteiger partial charge in [-0.2, -0.15) is 12.5 Å². The Balaban J connectivity index is -0.0000000256. The van der Waals surface area contributed by atoms with Crippen molar-refractivity contribution in [2.75, 3.05) is 0 Å². The van der Waals surface area contributed by atoms with Gasteiger partial charge in [0, 0.05) is 0 Å². The molecule has 0 aromatic carbocycles. The predicted octanol–water partition coefficient (Wildman–Crippen LogP) is -6.06. The van der Waals surface area contributed by atoms with Crippen molar-refractivity contribution < 1.29 is 35.8 Å². The molecule has 1 radical (unpaired) electrons. The third kappa shape index (κ3) is 33.4. The van der Waals surface area contributed by atoms with E-state index in [1.807, 2.05) is 12.2 Å². The molecule has 77 valence electrons. The van der Waals surface area contributed by atoms with Crippen molar-refractivity contribution in [3.8, 4) is 0 Å². The monoisotopic (exact) mass is 227 g/mol. The Morgan fingerprint density at radius 2 is 1.77 bits per heavy atom. The largest absolute Gasteiger partial charge is 3.00 e. The van der Waals surface area contributed by atoms with Gasteiger partial charge >= 0.3 is 21.7 Å². The van der Waals surface area contributed by atoms with Gasteiger partial charge in [-0.05, 0) is 0 Å². The number of allylic oxidation sites excluding steroid dienone is 4. The quantitative estimate of drug-likeness (QED) is 0.309. The molecule has 13 heavy (non-hydrogen) atoms. The number of unbranched alkanes of at least 4 members (excludes halogenated alkanes) is 1. The molecule has 1 rings (SSSR count). The summed E-state index contributed by atoms with van der Waals surface area (Å²) in [5.74, 6) is 0. The molecule has 0 fully saturated rings. The van der Waals surface area contributed by atoms with Crippen molar-refractivity contribution in [3.63, 3.8) is 0 Å². The Morgan fingerprint density at radius 1 is 1.31 bits per heavy atom. The van der Waals surface area contributed by atoms with Crippen LogP contribution in [-0.4, -0.2) is 0 Å². The van der Waals surface area contributed by atoms with Crippen molar-refractivity contribution in [3.05, 3.63) is 31.2 Å². The van der Waals surface area contributed by atoms with E-state index in [9.17, 15) is 0 Å². The van der Waals surface area contributed by atoms with Gasteiger partial charge in [0.2, 0.25) is 0 Å². The molecule has 0 N–H and O–H groups in total. The first-order valence-electron chi connectivity index (χ1n) is 3.42. The molecule has 0 heterocycles. The molecule has 0 atom stereocenters. The fourth-order valence-corrected chi connectivity index (χ4v) is 0.340. The number of halogens is 3. The minimum Gasteiger partial charge on any atom is -1.00 e. The second-order valence-corrected chi connectivity index (χ2v) is 1.86. The van der Waals surface area contributed by atoms with Crippen LogP contribution in [0.5, 0.6) is 0 Å². The molecule has 0 amide bonds. The minimum atomic E-state index is 0. The average Bonchev–Trinajstić information content (AvgIpc) is 2.43. The van der Waals surface area contributed by atoms with Crippen molar-refractivity contribution in [2.45, 2.75) is 26.2 Å². The van der Waals surface area contributed by atoms with Crippen LogP contribution in [-0.2, 0) is 21.7 Å². The number of rotatable bonds is 1. The molecule has 0 spiro atoms. The van der Waals surface area contributed by atoms with Gasteiger partial charge in [-0.3, -0.25) is 6.08 Å². The SMILES string of the molecule is [C-]1=CC=CC1.[CH2-]CCC.[F-].[F-].[F-].[Ti+3]. The molecule has 0 nitrogen and oxygen atoms in total. The summed E-state index contributed by atoms with van der Waals surface area (Å²) in [6.45, 7) is 5.72. The fourth-order valence-electron chi connectivity index (χ4n) is 0.340. The van der Waals surface area contributed by atoms with Crippen LogP contribution >= 0.6 is 0 Å². The Hall–Kier alpha value is -0.0157. The van der Waals surface area contributed by atoms with Gasteiger partial charge in [0.15, 0.2) is 0 Å². The molecule has 1 aliphatic carbocycles. The van der Waals surface area contributed by atoms with Gasteiger partial charge in [0.05, 0.1) is 0 Å². The molecule has 0 aromatic heterocycles. The van der Waals surface area contributed by atoms with Gasteiger partial charge in [-0.1, -0.05) is 13.3 Å². The zero-order valence-corrected chi connectivity index (χ0v) is 9.26. The van der Waals surface area contributed by atoms with Crippen LogP contribution in [0, 0.1) is 13.0 Å². The second kappa shape index (κ2) is 29.6. The zero-order chi connectivity index (χ0) is 6.95. The van der Waals surface area contributed by atoms with Crippen LogP contribution in [0.2, 0.25) is 0 Å². The third-order valence-electron chi connectivity index (χ3n) is 0.939. The summed E-state index contributed by atoms with van der Waals surface area (Å²) in [6, 6.07) is 0. The Kier molecular flexibility index (Phi) is 66.7. The standard InChI is InChI=1S/C5H5.C4H9.3FH.Ti/c1-2-4-5-3-1;1-3-4-2;;;;/h1-3H,4H2;1,3-4H2,2H3;3*1H;/q2*-1;;;;+3/p-3. The van der Waals surface area contributed by atoms with E-state index in [1.54, 1.807) is 0 Å². The summed E-state index contributed by atoms with van der Waals surface area (Å²) >= 11 is 0. The maximum Gasteiger partial charge on any atom is 3.00 e. The van der Waals surface area contributed by atoms with Crippen LogP contribution in [0.25, 0.3) is 0 Å². The van der Waals surface area contributed by atoms with E-state index in [4.69, 9.17) is 0 Å². The van der Waals surface area contributed by atoms with Gasteiger partial charge in [0.1, 0.15) is 0 Å². The van der Waals surface area contributed by atoms with Crippen LogP contribution in [0.3, 0.4) is 0 Å². The van der Waals surface area contributed by atoms with E-state index >= 15 is 0 Å². The van der Waals surface area contributed by atoms with Crippen LogP contribution in [0.15, 0.2) is 18.2 Å². The number of hydrogen-bond acceptors (Lipinski definition) is 0. The van der Waals surface area contributed by atoms with E-state index in [1.165, 1.54) is 6.42 Å². The fraction of sp³-hybridized carbons (Fsp3) is 0.444. The van der Waals surface area contributed by atoms with Gasteiger partial charge in [0.25, 0.3) is 0 Å². The maximum atomic E-state index is 3.60.